The zero-order valence-corrected chi connectivity index (χ0v) is 30.4. The van der Waals surface area contributed by atoms with Crippen molar-refractivity contribution in [2.75, 3.05) is 5.32 Å². The maximum atomic E-state index is 5.57. The number of H-pyrrole nitrogens is 1. The fraction of sp³-hybridized carbons (Fsp3) is 0. The van der Waals surface area contributed by atoms with E-state index in [0.717, 1.165) is 101 Å². The molecule has 10 rings (SSSR count). The Bertz CT molecular complexity index is 2920. The fourth-order valence-electron chi connectivity index (χ4n) is 7.67. The molecule has 6 aromatic rings. The van der Waals surface area contributed by atoms with Gasteiger partial charge >= 0.3 is 0 Å². The number of anilines is 1. The zero-order chi connectivity index (χ0) is 37.3. The molecule has 0 fully saturated rings. The molecule has 0 unspecified atom stereocenters. The first-order valence-electron chi connectivity index (χ1n) is 18.8. The summed E-state index contributed by atoms with van der Waals surface area (Å²) in [5.74, 6) is 0. The molecule has 5 heteroatoms. The molecule has 0 aliphatic carbocycles. The molecule has 5 nitrogen and oxygen atoms in total. The van der Waals surface area contributed by atoms with E-state index in [1.807, 2.05) is 42.5 Å². The van der Waals surface area contributed by atoms with Crippen molar-refractivity contribution in [1.82, 2.24) is 4.98 Å². The van der Waals surface area contributed by atoms with Gasteiger partial charge < -0.3 is 10.3 Å². The Morgan fingerprint density at radius 2 is 0.857 bits per heavy atom. The number of nitrogens with zero attached hydrogens (tertiary/aromatic N) is 3. The number of hydrogen-bond donors (Lipinski definition) is 2. The Hall–Kier alpha value is -7.63. The highest BCUT2D eigenvalue weighted by Gasteiger charge is 2.28. The first kappa shape index (κ1) is 33.0. The van der Waals surface area contributed by atoms with Gasteiger partial charge in [-0.15, -0.1) is 0 Å². The highest BCUT2D eigenvalue weighted by atomic mass is 14.9. The van der Waals surface area contributed by atoms with Crippen LogP contribution in [0.15, 0.2) is 238 Å². The van der Waals surface area contributed by atoms with Crippen LogP contribution < -0.4 is 16.0 Å². The van der Waals surface area contributed by atoms with Crippen molar-refractivity contribution in [1.29, 1.82) is 0 Å². The lowest BCUT2D eigenvalue weighted by Crippen LogP contribution is -2.19. The Morgan fingerprint density at radius 1 is 0.411 bits per heavy atom. The summed E-state index contributed by atoms with van der Waals surface area (Å²) in [4.78, 5) is 20.2. The van der Waals surface area contributed by atoms with Gasteiger partial charge in [0.15, 0.2) is 0 Å². The number of allylic oxidation sites excluding steroid dienone is 9. The number of para-hydroxylation sites is 1. The Labute approximate surface area is 325 Å². The van der Waals surface area contributed by atoms with Crippen molar-refractivity contribution in [2.24, 2.45) is 15.0 Å². The first-order valence-corrected chi connectivity index (χ1v) is 18.8. The lowest BCUT2D eigenvalue weighted by atomic mass is 9.94. The highest BCUT2D eigenvalue weighted by Crippen LogP contribution is 2.38. The molecule has 5 aromatic carbocycles. The van der Waals surface area contributed by atoms with Crippen LogP contribution in [0.2, 0.25) is 0 Å². The molecular weight excluding hydrogens is 683 g/mol. The second-order valence-electron chi connectivity index (χ2n) is 13.8. The molecule has 0 spiro atoms. The van der Waals surface area contributed by atoms with E-state index in [1.54, 1.807) is 0 Å². The number of fused-ring (bicyclic) bond motifs is 5. The molecule has 2 N–H and O–H groups in total. The molecule has 0 saturated heterocycles. The second kappa shape index (κ2) is 14.3. The van der Waals surface area contributed by atoms with Crippen molar-refractivity contribution < 1.29 is 0 Å². The monoisotopic (exact) mass is 717 g/mol. The molecule has 0 atom stereocenters. The van der Waals surface area contributed by atoms with Crippen LogP contribution in [0.1, 0.15) is 22.3 Å². The van der Waals surface area contributed by atoms with Gasteiger partial charge in [-0.3, -0.25) is 0 Å². The molecule has 264 valence electrons. The summed E-state index contributed by atoms with van der Waals surface area (Å²) < 4.78 is 0. The molecule has 4 aliphatic heterocycles. The predicted molar refractivity (Wildman–Crippen MR) is 231 cm³/mol. The summed E-state index contributed by atoms with van der Waals surface area (Å²) in [6.07, 6.45) is 12.7. The predicted octanol–water partition coefficient (Wildman–Crippen LogP) is 9.61. The van der Waals surface area contributed by atoms with Crippen LogP contribution in [0.5, 0.6) is 0 Å². The summed E-state index contributed by atoms with van der Waals surface area (Å²) >= 11 is 0. The van der Waals surface area contributed by atoms with Crippen LogP contribution in [0.3, 0.4) is 0 Å². The minimum Gasteiger partial charge on any atom is -0.361 e. The van der Waals surface area contributed by atoms with Crippen LogP contribution in [0.4, 0.5) is 5.69 Å². The molecule has 5 heterocycles. The maximum absolute atomic E-state index is 5.57. The number of aromatic nitrogens is 1. The van der Waals surface area contributed by atoms with Crippen LogP contribution in [-0.4, -0.2) is 22.1 Å². The van der Waals surface area contributed by atoms with Crippen molar-refractivity contribution in [3.8, 4) is 0 Å². The van der Waals surface area contributed by atoms with Crippen LogP contribution >= 0.6 is 0 Å². The molecule has 8 bridgehead atoms. The summed E-state index contributed by atoms with van der Waals surface area (Å²) in [5.41, 5.74) is 15.1. The summed E-state index contributed by atoms with van der Waals surface area (Å²) in [6, 6.07) is 56.4. The van der Waals surface area contributed by atoms with E-state index >= 15 is 0 Å². The van der Waals surface area contributed by atoms with Gasteiger partial charge in [0, 0.05) is 50.5 Å². The first-order chi connectivity index (χ1) is 27.8. The lowest BCUT2D eigenvalue weighted by Gasteiger charge is -2.13. The third-order valence-corrected chi connectivity index (χ3v) is 10.2. The summed E-state index contributed by atoms with van der Waals surface area (Å²) in [5, 5.41) is 5.48. The molecule has 1 aromatic heterocycles. The van der Waals surface area contributed by atoms with Gasteiger partial charge in [-0.2, -0.15) is 0 Å². The second-order valence-corrected chi connectivity index (χ2v) is 13.8. The summed E-state index contributed by atoms with van der Waals surface area (Å²) in [7, 11) is 0. The van der Waals surface area contributed by atoms with Gasteiger partial charge in [0.1, 0.15) is 0 Å². The normalized spacial score (nSPS) is 16.7. The minimum atomic E-state index is 0.831. The van der Waals surface area contributed by atoms with Gasteiger partial charge in [-0.1, -0.05) is 140 Å². The van der Waals surface area contributed by atoms with E-state index in [2.05, 4.69) is 168 Å². The SMILES string of the molecule is C1=CC2=C(c3ccccc3)C3=NC(=CC3=CNc3ccccc3)C(c3ccccc3)=c3ccc([nH]3)=C(c3ccccc3)C3=NC(=C(c4ccccc4)C1=N2)C=C3. The van der Waals surface area contributed by atoms with Gasteiger partial charge in [0.25, 0.3) is 0 Å². The standard InChI is InChI=1S/C51H35N5/c1-6-16-34(17-7-1)47-40-26-27-41(53-40)48(35-18-8-2-9-19-35)43-30-31-45(55-43)50(37-22-12-4-13-23-37)51-38(33-52-39-24-14-5-15-25-39)32-46(56-51)49(36-20-10-3-11-21-36)44-29-28-42(47)54-44/h1-33,52,54H. The fourth-order valence-corrected chi connectivity index (χ4v) is 7.67. The molecule has 0 saturated carbocycles. The van der Waals surface area contributed by atoms with E-state index in [1.165, 1.54) is 0 Å². The minimum absolute atomic E-state index is 0.831. The third kappa shape index (κ3) is 6.17. The number of aliphatic imine (C=N–C) groups is 3. The van der Waals surface area contributed by atoms with E-state index < -0.39 is 0 Å². The van der Waals surface area contributed by atoms with Gasteiger partial charge in [-0.05, 0) is 76.9 Å². The largest absolute Gasteiger partial charge is 0.361 e. The van der Waals surface area contributed by atoms with Gasteiger partial charge in [0.2, 0.25) is 0 Å². The molecule has 56 heavy (non-hydrogen) atoms. The van der Waals surface area contributed by atoms with Crippen molar-refractivity contribution >= 4 is 45.1 Å². The summed E-state index contributed by atoms with van der Waals surface area (Å²) in [6.45, 7) is 0. The van der Waals surface area contributed by atoms with Crippen LogP contribution in [0, 0.1) is 0 Å². The number of hydrogen-bond acceptors (Lipinski definition) is 4. The third-order valence-electron chi connectivity index (χ3n) is 10.2. The molecular formula is C51H35N5. The van der Waals surface area contributed by atoms with Crippen LogP contribution in [0.25, 0.3) is 22.3 Å². The zero-order valence-electron chi connectivity index (χ0n) is 30.4. The maximum Gasteiger partial charge on any atom is 0.0825 e. The van der Waals surface area contributed by atoms with Gasteiger partial charge in [0.05, 0.1) is 34.2 Å². The molecule has 0 radical (unpaired) electrons. The number of benzene rings is 5. The average Bonchev–Trinajstić information content (AvgIpc) is 4.10. The molecule has 4 aliphatic rings. The van der Waals surface area contributed by atoms with Gasteiger partial charge in [-0.25, -0.2) is 15.0 Å². The number of aromatic amines is 1. The van der Waals surface area contributed by atoms with Crippen molar-refractivity contribution in [3.63, 3.8) is 0 Å². The van der Waals surface area contributed by atoms with E-state index in [9.17, 15) is 0 Å². The smallest absolute Gasteiger partial charge is 0.0825 e. The van der Waals surface area contributed by atoms with Crippen molar-refractivity contribution in [3.05, 3.63) is 256 Å². The van der Waals surface area contributed by atoms with Crippen molar-refractivity contribution in [2.45, 2.75) is 0 Å². The lowest BCUT2D eigenvalue weighted by molar-refractivity contribution is 1.24. The van der Waals surface area contributed by atoms with E-state index in [-0.39, 0.29) is 0 Å². The number of nitrogens with one attached hydrogen (secondary N) is 2. The van der Waals surface area contributed by atoms with E-state index in [0.29, 0.717) is 0 Å². The Balaban J connectivity index is 1.33. The quantitative estimate of drug-likeness (QED) is 0.177. The topological polar surface area (TPSA) is 64.9 Å². The Kier molecular flexibility index (Phi) is 8.43. The molecule has 0 amide bonds. The number of rotatable bonds is 6. The van der Waals surface area contributed by atoms with Crippen LogP contribution in [-0.2, 0) is 0 Å². The average molecular weight is 718 g/mol. The van der Waals surface area contributed by atoms with E-state index in [4.69, 9.17) is 15.0 Å². The Morgan fingerprint density at radius 3 is 1.43 bits per heavy atom. The highest BCUT2D eigenvalue weighted by molar-refractivity contribution is 6.38.